The van der Waals surface area contributed by atoms with Crippen LogP contribution in [0.4, 0.5) is 5.69 Å². The van der Waals surface area contributed by atoms with Crippen molar-refractivity contribution in [2.24, 2.45) is 0 Å². The fraction of sp³-hybridized carbons (Fsp3) is 0.304. The second-order valence-electron chi connectivity index (χ2n) is 7.56. The summed E-state index contributed by atoms with van der Waals surface area (Å²) in [5.74, 6) is -0.122. The Labute approximate surface area is 176 Å². The molecule has 0 saturated heterocycles. The maximum Gasteiger partial charge on any atom is 0.340 e. The van der Waals surface area contributed by atoms with Crippen molar-refractivity contribution in [3.8, 4) is 5.82 Å². The lowest BCUT2D eigenvalue weighted by atomic mass is 9.98. The van der Waals surface area contributed by atoms with Gasteiger partial charge in [0.05, 0.1) is 11.3 Å². The molecule has 1 N–H and O–H groups in total. The van der Waals surface area contributed by atoms with Gasteiger partial charge in [-0.15, -0.1) is 0 Å². The number of anilines is 1. The number of hydrogen-bond donors (Lipinski definition) is 1. The van der Waals surface area contributed by atoms with Crippen molar-refractivity contribution < 1.29 is 14.3 Å². The molecule has 156 valence electrons. The Balaban J connectivity index is 1.62. The van der Waals surface area contributed by atoms with Gasteiger partial charge in [-0.25, -0.2) is 14.5 Å². The summed E-state index contributed by atoms with van der Waals surface area (Å²) in [5, 5.41) is 7.23. The number of ether oxygens (including phenoxy) is 1. The molecule has 2 aromatic heterocycles. The van der Waals surface area contributed by atoms with Crippen molar-refractivity contribution >= 4 is 17.6 Å². The van der Waals surface area contributed by atoms with Crippen LogP contribution in [0.5, 0.6) is 0 Å². The molecule has 0 atom stereocenters. The summed E-state index contributed by atoms with van der Waals surface area (Å²) in [5.41, 5.74) is 4.88. The number of hydrogen-bond acceptors (Lipinski definition) is 5. The van der Waals surface area contributed by atoms with Crippen LogP contribution in [0.15, 0.2) is 42.6 Å². The van der Waals surface area contributed by atoms with Crippen LogP contribution in [-0.4, -0.2) is 33.2 Å². The number of pyridine rings is 1. The van der Waals surface area contributed by atoms with Crippen LogP contribution in [0.25, 0.3) is 5.82 Å². The van der Waals surface area contributed by atoms with E-state index >= 15 is 0 Å². The summed E-state index contributed by atoms with van der Waals surface area (Å²) < 4.78 is 6.86. The fourth-order valence-corrected chi connectivity index (χ4v) is 3.23. The molecule has 0 spiro atoms. The Bertz CT molecular complexity index is 1070. The topological polar surface area (TPSA) is 86.1 Å². The first-order valence-electron chi connectivity index (χ1n) is 9.82. The Morgan fingerprint density at radius 3 is 2.50 bits per heavy atom. The Hall–Kier alpha value is -3.48. The number of aromatic nitrogens is 3. The zero-order valence-corrected chi connectivity index (χ0v) is 17.9. The maximum atomic E-state index is 12.3. The molecule has 0 fully saturated rings. The minimum atomic E-state index is -0.605. The quantitative estimate of drug-likeness (QED) is 0.623. The van der Waals surface area contributed by atoms with Crippen molar-refractivity contribution in [2.75, 3.05) is 11.9 Å². The first-order chi connectivity index (χ1) is 14.3. The molecular formula is C23H26N4O3. The number of carbonyl (C=O) groups excluding carboxylic acids is 2. The van der Waals surface area contributed by atoms with E-state index in [1.54, 1.807) is 16.8 Å². The van der Waals surface area contributed by atoms with E-state index in [9.17, 15) is 9.59 Å². The molecule has 7 heteroatoms. The highest BCUT2D eigenvalue weighted by Gasteiger charge is 2.15. The summed E-state index contributed by atoms with van der Waals surface area (Å²) in [7, 11) is 0. The number of amides is 1. The van der Waals surface area contributed by atoms with Crippen LogP contribution in [-0.2, 0) is 9.53 Å². The van der Waals surface area contributed by atoms with Gasteiger partial charge in [0.1, 0.15) is 0 Å². The predicted octanol–water partition coefficient (Wildman–Crippen LogP) is 4.11. The van der Waals surface area contributed by atoms with Gasteiger partial charge in [0.2, 0.25) is 0 Å². The van der Waals surface area contributed by atoms with E-state index in [1.807, 2.05) is 45.0 Å². The number of aryl methyl sites for hydroxylation is 3. The van der Waals surface area contributed by atoms with Gasteiger partial charge in [0.25, 0.3) is 5.91 Å². The zero-order chi connectivity index (χ0) is 21.8. The van der Waals surface area contributed by atoms with Gasteiger partial charge in [-0.2, -0.15) is 5.10 Å². The number of benzene rings is 1. The van der Waals surface area contributed by atoms with Crippen molar-refractivity contribution in [2.45, 2.75) is 40.5 Å². The first-order valence-corrected chi connectivity index (χ1v) is 9.82. The lowest BCUT2D eigenvalue weighted by Gasteiger charge is -2.16. The first kappa shape index (κ1) is 21.2. The molecule has 0 radical (unpaired) electrons. The minimum absolute atomic E-state index is 0.259. The van der Waals surface area contributed by atoms with E-state index in [0.717, 1.165) is 28.2 Å². The van der Waals surface area contributed by atoms with E-state index in [4.69, 9.17) is 4.74 Å². The molecule has 1 amide bonds. The molecule has 0 aliphatic rings. The fourth-order valence-electron chi connectivity index (χ4n) is 3.23. The van der Waals surface area contributed by atoms with Gasteiger partial charge in [0.15, 0.2) is 12.4 Å². The highest BCUT2D eigenvalue weighted by molar-refractivity contribution is 5.96. The molecule has 0 saturated carbocycles. The number of nitrogens with zero attached hydrogens (tertiary/aromatic N) is 3. The molecule has 7 nitrogen and oxygen atoms in total. The van der Waals surface area contributed by atoms with Crippen LogP contribution in [0, 0.1) is 20.8 Å². The number of esters is 1. The minimum Gasteiger partial charge on any atom is -0.452 e. The maximum absolute atomic E-state index is 12.3. The summed E-state index contributed by atoms with van der Waals surface area (Å²) in [6.45, 7) is 9.52. The van der Waals surface area contributed by atoms with Gasteiger partial charge in [0, 0.05) is 17.6 Å². The van der Waals surface area contributed by atoms with Crippen molar-refractivity contribution in [3.63, 3.8) is 0 Å². The molecule has 1 aromatic carbocycles. The highest BCUT2D eigenvalue weighted by Crippen LogP contribution is 2.27. The summed E-state index contributed by atoms with van der Waals surface area (Å²) >= 11 is 0. The SMILES string of the molecule is Cc1cc(C)n(-c2ccc(C(=O)OCC(=O)Nc3c(C)cccc3C(C)C)cn2)n1. The van der Waals surface area contributed by atoms with E-state index < -0.39 is 5.97 Å². The second kappa shape index (κ2) is 8.90. The standard InChI is InChI=1S/C23H26N4O3/c1-14(2)19-8-6-7-15(3)22(19)25-21(28)13-30-23(29)18-9-10-20(24-12-18)27-17(5)11-16(4)26-27/h6-12,14H,13H2,1-5H3,(H,25,28). The highest BCUT2D eigenvalue weighted by atomic mass is 16.5. The molecule has 0 unspecified atom stereocenters. The van der Waals surface area contributed by atoms with Crippen molar-refractivity contribution in [1.82, 2.24) is 14.8 Å². The van der Waals surface area contributed by atoms with Gasteiger partial charge in [-0.05, 0) is 56.0 Å². The third kappa shape index (κ3) is 4.74. The largest absolute Gasteiger partial charge is 0.452 e. The molecular weight excluding hydrogens is 380 g/mol. The Morgan fingerprint density at radius 2 is 1.90 bits per heavy atom. The van der Waals surface area contributed by atoms with Gasteiger partial charge >= 0.3 is 5.97 Å². The van der Waals surface area contributed by atoms with Crippen LogP contribution < -0.4 is 5.32 Å². The van der Waals surface area contributed by atoms with Crippen LogP contribution in [0.3, 0.4) is 0 Å². The zero-order valence-electron chi connectivity index (χ0n) is 17.9. The average molecular weight is 406 g/mol. The average Bonchev–Trinajstić information content (AvgIpc) is 3.05. The van der Waals surface area contributed by atoms with Crippen LogP contribution in [0.2, 0.25) is 0 Å². The third-order valence-electron chi connectivity index (χ3n) is 4.74. The molecule has 0 bridgehead atoms. The van der Waals surface area contributed by atoms with E-state index in [0.29, 0.717) is 5.82 Å². The smallest absolute Gasteiger partial charge is 0.340 e. The normalized spacial score (nSPS) is 10.9. The van der Waals surface area contributed by atoms with Crippen molar-refractivity contribution in [1.29, 1.82) is 0 Å². The van der Waals surface area contributed by atoms with Gasteiger partial charge in [-0.3, -0.25) is 4.79 Å². The Morgan fingerprint density at radius 1 is 1.13 bits per heavy atom. The summed E-state index contributed by atoms with van der Waals surface area (Å²) in [4.78, 5) is 28.9. The Kier molecular flexibility index (Phi) is 6.30. The molecule has 3 rings (SSSR count). The third-order valence-corrected chi connectivity index (χ3v) is 4.74. The monoisotopic (exact) mass is 406 g/mol. The predicted molar refractivity (Wildman–Crippen MR) is 115 cm³/mol. The second-order valence-corrected chi connectivity index (χ2v) is 7.56. The molecule has 30 heavy (non-hydrogen) atoms. The molecule has 2 heterocycles. The molecule has 3 aromatic rings. The number of rotatable bonds is 6. The molecule has 0 aliphatic carbocycles. The number of carbonyl (C=O) groups is 2. The number of para-hydroxylation sites is 1. The summed E-state index contributed by atoms with van der Waals surface area (Å²) in [6.07, 6.45) is 1.42. The van der Waals surface area contributed by atoms with Crippen LogP contribution >= 0.6 is 0 Å². The lowest BCUT2D eigenvalue weighted by Crippen LogP contribution is -2.22. The van der Waals surface area contributed by atoms with E-state index in [-0.39, 0.29) is 24.0 Å². The van der Waals surface area contributed by atoms with Crippen LogP contribution in [0.1, 0.15) is 52.6 Å². The van der Waals surface area contributed by atoms with Gasteiger partial charge in [-0.1, -0.05) is 32.0 Å². The summed E-state index contributed by atoms with van der Waals surface area (Å²) in [6, 6.07) is 11.1. The van der Waals surface area contributed by atoms with Crippen molar-refractivity contribution in [3.05, 3.63) is 70.7 Å². The van der Waals surface area contributed by atoms with E-state index in [1.165, 1.54) is 6.20 Å². The van der Waals surface area contributed by atoms with E-state index in [2.05, 4.69) is 29.2 Å². The van der Waals surface area contributed by atoms with Gasteiger partial charge < -0.3 is 10.1 Å². The number of nitrogens with one attached hydrogen (secondary N) is 1. The lowest BCUT2D eigenvalue weighted by molar-refractivity contribution is -0.119. The molecule has 0 aliphatic heterocycles.